The van der Waals surface area contributed by atoms with Crippen LogP contribution in [0.3, 0.4) is 0 Å². The van der Waals surface area contributed by atoms with Gasteiger partial charge in [0.05, 0.1) is 12.5 Å². The lowest BCUT2D eigenvalue weighted by Crippen LogP contribution is -2.13. The number of aryl methyl sites for hydroxylation is 2. The first-order chi connectivity index (χ1) is 14.9. The molecular formula is C21H21N7O2S. The number of sulfonamides is 1. The van der Waals surface area contributed by atoms with Crippen molar-refractivity contribution in [3.05, 3.63) is 78.5 Å². The van der Waals surface area contributed by atoms with Crippen LogP contribution in [-0.4, -0.2) is 28.4 Å². The maximum absolute atomic E-state index is 12.3. The van der Waals surface area contributed by atoms with E-state index in [0.717, 1.165) is 11.4 Å². The molecule has 10 heteroatoms. The Bertz CT molecular complexity index is 1270. The molecule has 0 atom stereocenters. The fourth-order valence-electron chi connectivity index (χ4n) is 2.85. The second-order valence-corrected chi connectivity index (χ2v) is 8.55. The highest BCUT2D eigenvalue weighted by molar-refractivity contribution is 7.92. The van der Waals surface area contributed by atoms with Crippen molar-refractivity contribution in [2.75, 3.05) is 15.4 Å². The lowest BCUT2D eigenvalue weighted by atomic mass is 10.2. The Labute approximate surface area is 180 Å². The molecule has 4 N–H and O–H groups in total. The number of anilines is 5. The first-order valence-corrected chi connectivity index (χ1v) is 10.9. The van der Waals surface area contributed by atoms with Crippen molar-refractivity contribution in [1.29, 1.82) is 0 Å². The molecule has 0 aliphatic carbocycles. The van der Waals surface area contributed by atoms with Crippen molar-refractivity contribution in [3.63, 3.8) is 0 Å². The lowest BCUT2D eigenvalue weighted by Gasteiger charge is -2.11. The molecule has 0 spiro atoms. The number of hydrogen-bond acceptors (Lipinski definition) is 7. The fraction of sp³-hybridized carbons (Fsp3) is 0.0952. The van der Waals surface area contributed by atoms with Crippen molar-refractivity contribution in [3.8, 4) is 0 Å². The summed E-state index contributed by atoms with van der Waals surface area (Å²) in [6, 6.07) is 16.7. The van der Waals surface area contributed by atoms with Crippen LogP contribution < -0.4 is 15.4 Å². The molecular weight excluding hydrogens is 414 g/mol. The first-order valence-electron chi connectivity index (χ1n) is 9.45. The predicted molar refractivity (Wildman–Crippen MR) is 120 cm³/mol. The number of nitrogens with zero attached hydrogens (tertiary/aromatic N) is 3. The molecule has 0 aliphatic heterocycles. The van der Waals surface area contributed by atoms with Gasteiger partial charge in [-0.15, -0.1) is 0 Å². The third-order valence-electron chi connectivity index (χ3n) is 4.33. The third kappa shape index (κ3) is 5.17. The van der Waals surface area contributed by atoms with Crippen molar-refractivity contribution < 1.29 is 8.42 Å². The van der Waals surface area contributed by atoms with E-state index in [-0.39, 0.29) is 5.03 Å². The topological polar surface area (TPSA) is 125 Å². The van der Waals surface area contributed by atoms with Gasteiger partial charge in [0, 0.05) is 23.1 Å². The maximum Gasteiger partial charge on any atom is 0.278 e. The van der Waals surface area contributed by atoms with Crippen LogP contribution >= 0.6 is 0 Å². The van der Waals surface area contributed by atoms with E-state index in [9.17, 15) is 8.42 Å². The summed E-state index contributed by atoms with van der Waals surface area (Å²) in [5.74, 6) is 1.90. The van der Waals surface area contributed by atoms with E-state index >= 15 is 0 Å². The SMILES string of the molecule is Cc1ccc(Nc2cc(Nc3ccc(NS(=O)(=O)c4cnc[nH]4)cc3)nc(C)n2)cc1. The Kier molecular flexibility index (Phi) is 5.54. The van der Waals surface area contributed by atoms with Crippen molar-refractivity contribution in [2.45, 2.75) is 18.9 Å². The summed E-state index contributed by atoms with van der Waals surface area (Å²) < 4.78 is 27.0. The first kappa shape index (κ1) is 20.4. The minimum atomic E-state index is -3.70. The van der Waals surface area contributed by atoms with E-state index in [4.69, 9.17) is 0 Å². The molecule has 0 bridgehead atoms. The zero-order valence-corrected chi connectivity index (χ0v) is 17.7. The average molecular weight is 436 g/mol. The van der Waals surface area contributed by atoms with Gasteiger partial charge in [0.15, 0.2) is 5.03 Å². The molecule has 0 radical (unpaired) electrons. The van der Waals surface area contributed by atoms with Crippen LogP contribution in [-0.2, 0) is 10.0 Å². The zero-order chi connectivity index (χ0) is 21.8. The van der Waals surface area contributed by atoms with Crippen molar-refractivity contribution >= 4 is 38.7 Å². The molecule has 0 saturated heterocycles. The second kappa shape index (κ2) is 8.44. The molecule has 0 amide bonds. The third-order valence-corrected chi connectivity index (χ3v) is 5.64. The Hall–Kier alpha value is -3.92. The van der Waals surface area contributed by atoms with E-state index in [1.54, 1.807) is 24.3 Å². The molecule has 4 rings (SSSR count). The number of rotatable bonds is 7. The highest BCUT2D eigenvalue weighted by Crippen LogP contribution is 2.22. The van der Waals surface area contributed by atoms with Crippen LogP contribution in [0.25, 0.3) is 0 Å². The highest BCUT2D eigenvalue weighted by Gasteiger charge is 2.15. The van der Waals surface area contributed by atoms with Gasteiger partial charge < -0.3 is 15.6 Å². The van der Waals surface area contributed by atoms with Crippen LogP contribution in [0.2, 0.25) is 0 Å². The molecule has 0 unspecified atom stereocenters. The Morgan fingerprint density at radius 1 is 0.806 bits per heavy atom. The van der Waals surface area contributed by atoms with E-state index in [0.29, 0.717) is 23.1 Å². The predicted octanol–water partition coefficient (Wildman–Crippen LogP) is 4.10. The molecule has 4 aromatic rings. The molecule has 9 nitrogen and oxygen atoms in total. The van der Waals surface area contributed by atoms with Gasteiger partial charge in [-0.1, -0.05) is 17.7 Å². The molecule has 2 aromatic carbocycles. The van der Waals surface area contributed by atoms with E-state index < -0.39 is 10.0 Å². The quantitative estimate of drug-likeness (QED) is 0.344. The summed E-state index contributed by atoms with van der Waals surface area (Å²) in [4.78, 5) is 15.2. The normalized spacial score (nSPS) is 11.2. The zero-order valence-electron chi connectivity index (χ0n) is 16.9. The largest absolute Gasteiger partial charge is 0.340 e. The van der Waals surface area contributed by atoms with Crippen LogP contribution in [0, 0.1) is 13.8 Å². The summed E-state index contributed by atoms with van der Waals surface area (Å²) in [5, 5.41) is 6.48. The fourth-order valence-corrected chi connectivity index (χ4v) is 3.81. The average Bonchev–Trinajstić information content (AvgIpc) is 3.27. The van der Waals surface area contributed by atoms with Gasteiger partial charge in [-0.05, 0) is 50.2 Å². The summed E-state index contributed by atoms with van der Waals surface area (Å²) in [7, 11) is -3.70. The van der Waals surface area contributed by atoms with Gasteiger partial charge in [0.1, 0.15) is 17.5 Å². The second-order valence-electron chi connectivity index (χ2n) is 6.90. The van der Waals surface area contributed by atoms with Gasteiger partial charge in [-0.2, -0.15) is 8.42 Å². The van der Waals surface area contributed by atoms with Gasteiger partial charge in [-0.3, -0.25) is 4.72 Å². The van der Waals surface area contributed by atoms with Crippen molar-refractivity contribution in [1.82, 2.24) is 19.9 Å². The van der Waals surface area contributed by atoms with Gasteiger partial charge in [0.25, 0.3) is 10.0 Å². The number of aromatic amines is 1. The maximum atomic E-state index is 12.3. The number of hydrogen-bond donors (Lipinski definition) is 4. The molecule has 0 fully saturated rings. The van der Waals surface area contributed by atoms with Gasteiger partial charge in [-0.25, -0.2) is 15.0 Å². The van der Waals surface area contributed by atoms with Gasteiger partial charge >= 0.3 is 0 Å². The van der Waals surface area contributed by atoms with E-state index in [1.807, 2.05) is 44.2 Å². The standard InChI is InChI=1S/C21H21N7O2S/c1-14-3-5-16(6-4-14)26-19-11-20(25-15(2)24-19)27-17-7-9-18(10-8-17)28-31(29,30)21-12-22-13-23-21/h3-13,28H,1-2H3,(H,22,23)(H2,24,25,26,27). The van der Waals surface area contributed by atoms with Crippen LogP contribution in [0.1, 0.15) is 11.4 Å². The molecule has 2 heterocycles. The van der Waals surface area contributed by atoms with Crippen molar-refractivity contribution in [2.24, 2.45) is 0 Å². The number of benzene rings is 2. The van der Waals surface area contributed by atoms with E-state index in [1.165, 1.54) is 18.1 Å². The van der Waals surface area contributed by atoms with Crippen LogP contribution in [0.15, 0.2) is 72.1 Å². The molecule has 2 aromatic heterocycles. The summed E-state index contributed by atoms with van der Waals surface area (Å²) >= 11 is 0. The Morgan fingerprint density at radius 3 is 1.90 bits per heavy atom. The smallest absolute Gasteiger partial charge is 0.278 e. The Morgan fingerprint density at radius 2 is 1.35 bits per heavy atom. The summed E-state index contributed by atoms with van der Waals surface area (Å²) in [5.41, 5.74) is 3.30. The molecule has 158 valence electrons. The number of imidazole rings is 1. The van der Waals surface area contributed by atoms with Gasteiger partial charge in [0.2, 0.25) is 0 Å². The molecule has 0 aliphatic rings. The highest BCUT2D eigenvalue weighted by atomic mass is 32.2. The minimum absolute atomic E-state index is 0.000214. The lowest BCUT2D eigenvalue weighted by molar-refractivity contribution is 0.598. The number of nitrogens with one attached hydrogen (secondary N) is 4. The number of aromatic nitrogens is 4. The Balaban J connectivity index is 1.46. The van der Waals surface area contributed by atoms with Crippen LogP contribution in [0.4, 0.5) is 28.7 Å². The monoisotopic (exact) mass is 435 g/mol. The minimum Gasteiger partial charge on any atom is -0.340 e. The van der Waals surface area contributed by atoms with Crippen LogP contribution in [0.5, 0.6) is 0 Å². The summed E-state index contributed by atoms with van der Waals surface area (Å²) in [6.45, 7) is 3.85. The van der Waals surface area contributed by atoms with E-state index in [2.05, 4.69) is 35.3 Å². The molecule has 0 saturated carbocycles. The summed E-state index contributed by atoms with van der Waals surface area (Å²) in [6.07, 6.45) is 2.56. The molecule has 31 heavy (non-hydrogen) atoms. The number of H-pyrrole nitrogens is 1.